The topological polar surface area (TPSA) is 19.4 Å². The molecule has 0 bridgehead atoms. The van der Waals surface area contributed by atoms with Crippen LogP contribution in [0.3, 0.4) is 0 Å². The Morgan fingerprint density at radius 1 is 0.833 bits per heavy atom. The highest BCUT2D eigenvalue weighted by molar-refractivity contribution is 7.15. The van der Waals surface area contributed by atoms with Crippen LogP contribution in [-0.4, -0.2) is 18.1 Å². The number of nitrogens with zero attached hydrogens (tertiary/aromatic N) is 3. The largest absolute Gasteiger partial charge is 0.416 e. The first-order valence-electron chi connectivity index (χ1n) is 14.3. The number of aromatic nitrogens is 1. The third-order valence-electron chi connectivity index (χ3n) is 8.23. The maximum Gasteiger partial charge on any atom is 0.416 e. The summed E-state index contributed by atoms with van der Waals surface area (Å²) in [5.74, 6) is 0.625. The Kier molecular flexibility index (Phi) is 10.1. The molecule has 42 heavy (non-hydrogen) atoms. The van der Waals surface area contributed by atoms with Gasteiger partial charge >= 0.3 is 12.4 Å². The zero-order valence-electron chi connectivity index (χ0n) is 23.7. The Morgan fingerprint density at radius 2 is 1.45 bits per heavy atom. The SMILES string of the molecule is CCN(CC1CCCC1)c1cc2c(cc1CN(Cc1cc(C(F)(F)F)cc(C(F)(F)F)c1)c1ncc(C)s1)CCC2.Cl. The molecule has 0 aliphatic heterocycles. The average molecular weight is 632 g/mol. The highest BCUT2D eigenvalue weighted by Crippen LogP contribution is 2.39. The zero-order chi connectivity index (χ0) is 29.4. The predicted octanol–water partition coefficient (Wildman–Crippen LogP) is 9.62. The van der Waals surface area contributed by atoms with Crippen molar-refractivity contribution in [2.45, 2.75) is 84.2 Å². The van der Waals surface area contributed by atoms with Crippen molar-refractivity contribution in [2.24, 2.45) is 5.92 Å². The van der Waals surface area contributed by atoms with E-state index in [2.05, 4.69) is 28.9 Å². The van der Waals surface area contributed by atoms with Crippen LogP contribution in [0.25, 0.3) is 0 Å². The Hall–Kier alpha value is -2.46. The summed E-state index contributed by atoms with van der Waals surface area (Å²) in [6.07, 6.45) is -0.145. The number of rotatable bonds is 9. The molecule has 230 valence electrons. The lowest BCUT2D eigenvalue weighted by atomic mass is 10.0. The first kappa shape index (κ1) is 32.5. The fourth-order valence-electron chi connectivity index (χ4n) is 6.20. The molecular formula is C31H36ClF6N3S. The van der Waals surface area contributed by atoms with Gasteiger partial charge in [0, 0.05) is 42.9 Å². The standard InChI is InChI=1S/C31H35F6N3S.ClH/c1-3-39(17-21-7-4-5-8-21)28-14-24-10-6-9-23(24)13-25(28)19-40(29-38-16-20(2)41-29)18-22-11-26(30(32,33)34)15-27(12-22)31(35,36)37;/h11-16,21H,3-10,17-19H2,1-2H3;1H. The van der Waals surface area contributed by atoms with Gasteiger partial charge in [0.05, 0.1) is 11.1 Å². The number of fused-ring (bicyclic) bond motifs is 1. The van der Waals surface area contributed by atoms with Crippen LogP contribution in [-0.2, 0) is 38.3 Å². The summed E-state index contributed by atoms with van der Waals surface area (Å²) in [5, 5.41) is 0.568. The van der Waals surface area contributed by atoms with Crippen LogP contribution in [0.15, 0.2) is 36.5 Å². The summed E-state index contributed by atoms with van der Waals surface area (Å²) in [4.78, 5) is 9.62. The number of anilines is 2. The Labute approximate surface area is 253 Å². The van der Waals surface area contributed by atoms with Gasteiger partial charge in [0.15, 0.2) is 5.13 Å². The number of halogens is 7. The molecule has 3 aromatic rings. The minimum atomic E-state index is -4.90. The zero-order valence-corrected chi connectivity index (χ0v) is 25.4. The first-order valence-corrected chi connectivity index (χ1v) is 15.1. The van der Waals surface area contributed by atoms with E-state index in [1.165, 1.54) is 48.1 Å². The Morgan fingerprint density at radius 3 is 2.00 bits per heavy atom. The van der Waals surface area contributed by atoms with Crippen LogP contribution >= 0.6 is 23.7 Å². The van der Waals surface area contributed by atoms with Gasteiger partial charge in [0.1, 0.15) is 0 Å². The fraction of sp³-hybridized carbons (Fsp3) is 0.516. The second kappa shape index (κ2) is 13.0. The molecule has 0 N–H and O–H groups in total. The summed E-state index contributed by atoms with van der Waals surface area (Å²) in [5.41, 5.74) is 2.09. The van der Waals surface area contributed by atoms with Crippen LogP contribution < -0.4 is 9.80 Å². The van der Waals surface area contributed by atoms with Crippen molar-refractivity contribution >= 4 is 34.6 Å². The third-order valence-corrected chi connectivity index (χ3v) is 9.20. The molecule has 2 aliphatic carbocycles. The average Bonchev–Trinajstić information content (AvgIpc) is 3.67. The van der Waals surface area contributed by atoms with E-state index in [1.54, 1.807) is 6.20 Å². The lowest BCUT2D eigenvalue weighted by Crippen LogP contribution is -2.31. The van der Waals surface area contributed by atoms with E-state index in [9.17, 15) is 26.3 Å². The predicted molar refractivity (Wildman–Crippen MR) is 159 cm³/mol. The Bertz CT molecular complexity index is 1330. The Balaban J connectivity index is 0.00000405. The van der Waals surface area contributed by atoms with Crippen LogP contribution in [0.5, 0.6) is 0 Å². The van der Waals surface area contributed by atoms with Crippen molar-refractivity contribution in [3.63, 3.8) is 0 Å². The van der Waals surface area contributed by atoms with E-state index in [-0.39, 0.29) is 30.6 Å². The second-order valence-corrected chi connectivity index (χ2v) is 12.5. The van der Waals surface area contributed by atoms with E-state index < -0.39 is 23.5 Å². The van der Waals surface area contributed by atoms with E-state index in [0.29, 0.717) is 17.6 Å². The number of alkyl halides is 6. The third kappa shape index (κ3) is 7.54. The molecule has 0 radical (unpaired) electrons. The quantitative estimate of drug-likeness (QED) is 0.219. The van der Waals surface area contributed by atoms with E-state index in [1.807, 2.05) is 11.8 Å². The summed E-state index contributed by atoms with van der Waals surface area (Å²) >= 11 is 1.38. The van der Waals surface area contributed by atoms with Gasteiger partial charge in [0.25, 0.3) is 0 Å². The lowest BCUT2D eigenvalue weighted by Gasteiger charge is -2.31. The molecule has 5 rings (SSSR count). The maximum absolute atomic E-state index is 13.6. The minimum absolute atomic E-state index is 0. The van der Waals surface area contributed by atoms with Gasteiger partial charge < -0.3 is 9.80 Å². The highest BCUT2D eigenvalue weighted by atomic mass is 35.5. The molecular weight excluding hydrogens is 596 g/mol. The molecule has 1 saturated carbocycles. The molecule has 2 aliphatic rings. The molecule has 0 spiro atoms. The van der Waals surface area contributed by atoms with Crippen LogP contribution in [0.1, 0.15) is 77.3 Å². The molecule has 3 nitrogen and oxygen atoms in total. The molecule has 1 fully saturated rings. The molecule has 1 aromatic heterocycles. The smallest absolute Gasteiger partial charge is 0.371 e. The van der Waals surface area contributed by atoms with Gasteiger partial charge in [-0.05, 0) is 98.4 Å². The van der Waals surface area contributed by atoms with E-state index >= 15 is 0 Å². The van der Waals surface area contributed by atoms with Gasteiger partial charge in [0.2, 0.25) is 0 Å². The van der Waals surface area contributed by atoms with Crippen LogP contribution in [0, 0.1) is 12.8 Å². The molecule has 11 heteroatoms. The monoisotopic (exact) mass is 631 g/mol. The van der Waals surface area contributed by atoms with Crippen LogP contribution in [0.4, 0.5) is 37.2 Å². The van der Waals surface area contributed by atoms with E-state index in [0.717, 1.165) is 60.6 Å². The number of benzene rings is 2. The normalized spacial score (nSPS) is 15.5. The van der Waals surface area contributed by atoms with Gasteiger partial charge in [-0.3, -0.25) is 0 Å². The fourth-order valence-corrected chi connectivity index (χ4v) is 6.96. The lowest BCUT2D eigenvalue weighted by molar-refractivity contribution is -0.143. The van der Waals surface area contributed by atoms with Gasteiger partial charge in [-0.15, -0.1) is 23.7 Å². The summed E-state index contributed by atoms with van der Waals surface area (Å²) < 4.78 is 81.7. The van der Waals surface area contributed by atoms with Crippen molar-refractivity contribution in [1.82, 2.24) is 4.98 Å². The van der Waals surface area contributed by atoms with Crippen LogP contribution in [0.2, 0.25) is 0 Å². The second-order valence-electron chi connectivity index (χ2n) is 11.3. The minimum Gasteiger partial charge on any atom is -0.371 e. The number of hydrogen-bond acceptors (Lipinski definition) is 4. The molecule has 0 unspecified atom stereocenters. The maximum atomic E-state index is 13.6. The van der Waals surface area contributed by atoms with Gasteiger partial charge in [-0.1, -0.05) is 18.9 Å². The van der Waals surface area contributed by atoms with Crippen molar-refractivity contribution in [3.8, 4) is 0 Å². The summed E-state index contributed by atoms with van der Waals surface area (Å²) in [6.45, 7) is 5.98. The number of hydrogen-bond donors (Lipinski definition) is 0. The number of aryl methyl sites for hydroxylation is 3. The first-order chi connectivity index (χ1) is 19.4. The molecule has 0 amide bonds. The summed E-state index contributed by atoms with van der Waals surface area (Å²) in [7, 11) is 0. The number of thiazole rings is 1. The summed E-state index contributed by atoms with van der Waals surface area (Å²) in [6, 6.07) is 6.31. The van der Waals surface area contributed by atoms with Gasteiger partial charge in [-0.2, -0.15) is 26.3 Å². The molecule has 0 saturated heterocycles. The molecule has 0 atom stereocenters. The van der Waals surface area contributed by atoms with Crippen molar-refractivity contribution < 1.29 is 26.3 Å². The van der Waals surface area contributed by atoms with E-state index in [4.69, 9.17) is 0 Å². The van der Waals surface area contributed by atoms with Crippen molar-refractivity contribution in [3.05, 3.63) is 74.8 Å². The van der Waals surface area contributed by atoms with Gasteiger partial charge in [-0.25, -0.2) is 4.98 Å². The molecule has 2 aromatic carbocycles. The van der Waals surface area contributed by atoms with Crippen molar-refractivity contribution in [1.29, 1.82) is 0 Å². The van der Waals surface area contributed by atoms with Crippen molar-refractivity contribution in [2.75, 3.05) is 22.9 Å². The molecule has 1 heterocycles. The highest BCUT2D eigenvalue weighted by Gasteiger charge is 2.37.